The number of hydrogen-bond donors (Lipinski definition) is 0. The van der Waals surface area contributed by atoms with Crippen LogP contribution in [-0.4, -0.2) is 52.9 Å². The van der Waals surface area contributed by atoms with Crippen molar-refractivity contribution >= 4 is 5.91 Å². The van der Waals surface area contributed by atoms with Crippen LogP contribution in [0.3, 0.4) is 0 Å². The second-order valence-electron chi connectivity index (χ2n) is 5.44. The van der Waals surface area contributed by atoms with E-state index in [1.54, 1.807) is 6.33 Å². The maximum Gasteiger partial charge on any atom is 0.234 e. The van der Waals surface area contributed by atoms with Crippen molar-refractivity contribution in [2.24, 2.45) is 0 Å². The molecule has 3 rings (SSSR count). The van der Waals surface area contributed by atoms with Gasteiger partial charge in [-0.25, -0.2) is 9.97 Å². The summed E-state index contributed by atoms with van der Waals surface area (Å²) in [7, 11) is 3.98. The van der Waals surface area contributed by atoms with Crippen LogP contribution in [0.1, 0.15) is 24.1 Å². The summed E-state index contributed by atoms with van der Waals surface area (Å²) in [6, 6.07) is 0. The first kappa shape index (κ1) is 11.6. The summed E-state index contributed by atoms with van der Waals surface area (Å²) in [6.45, 7) is 2.53. The number of hydrogen-bond acceptors (Lipinski definition) is 4. The standard InChI is InChI=1S/C13H18N4O/c1-16-5-3-13(4-6-16)11-10(7-14-9-15-11)8-17(2)12(13)18/h7,9H,3-6,8H2,1-2H3. The van der Waals surface area contributed by atoms with Crippen molar-refractivity contribution in [1.29, 1.82) is 0 Å². The number of carbonyl (C=O) groups is 1. The third-order valence-corrected chi connectivity index (χ3v) is 4.25. The van der Waals surface area contributed by atoms with Gasteiger partial charge in [0.05, 0.1) is 11.1 Å². The monoisotopic (exact) mass is 246 g/mol. The Morgan fingerprint density at radius 3 is 2.72 bits per heavy atom. The molecule has 5 nitrogen and oxygen atoms in total. The van der Waals surface area contributed by atoms with Crippen LogP contribution in [0, 0.1) is 0 Å². The highest BCUT2D eigenvalue weighted by Crippen LogP contribution is 2.40. The minimum Gasteiger partial charge on any atom is -0.340 e. The Kier molecular flexibility index (Phi) is 2.59. The van der Waals surface area contributed by atoms with Gasteiger partial charge in [-0.2, -0.15) is 0 Å². The Labute approximate surface area is 107 Å². The first-order chi connectivity index (χ1) is 8.63. The lowest BCUT2D eigenvalue weighted by Crippen LogP contribution is -2.54. The van der Waals surface area contributed by atoms with Gasteiger partial charge in [-0.3, -0.25) is 4.79 Å². The number of piperidine rings is 1. The van der Waals surface area contributed by atoms with Crippen LogP contribution in [0.2, 0.25) is 0 Å². The predicted octanol–water partition coefficient (Wildman–Crippen LogP) is 0.412. The van der Waals surface area contributed by atoms with Crippen molar-refractivity contribution in [2.75, 3.05) is 27.2 Å². The lowest BCUT2D eigenvalue weighted by atomic mass is 9.71. The molecule has 0 saturated carbocycles. The van der Waals surface area contributed by atoms with Gasteiger partial charge in [0.25, 0.3) is 0 Å². The molecule has 2 aliphatic rings. The number of carbonyl (C=O) groups excluding carboxylic acids is 1. The second-order valence-corrected chi connectivity index (χ2v) is 5.44. The van der Waals surface area contributed by atoms with Gasteiger partial charge >= 0.3 is 0 Å². The molecule has 1 saturated heterocycles. The molecule has 2 aliphatic heterocycles. The predicted molar refractivity (Wildman–Crippen MR) is 66.9 cm³/mol. The van der Waals surface area contributed by atoms with Gasteiger partial charge in [-0.1, -0.05) is 0 Å². The molecule has 0 aromatic carbocycles. The van der Waals surface area contributed by atoms with Crippen molar-refractivity contribution in [3.63, 3.8) is 0 Å². The highest BCUT2D eigenvalue weighted by molar-refractivity contribution is 5.89. The fraction of sp³-hybridized carbons (Fsp3) is 0.615. The number of likely N-dealkylation sites (N-methyl/N-ethyl adjacent to an activating group) is 1. The molecular formula is C13H18N4O. The summed E-state index contributed by atoms with van der Waals surface area (Å²) in [4.78, 5) is 25.2. The molecule has 5 heteroatoms. The van der Waals surface area contributed by atoms with Crippen molar-refractivity contribution in [2.45, 2.75) is 24.8 Å². The zero-order chi connectivity index (χ0) is 12.8. The van der Waals surface area contributed by atoms with Crippen molar-refractivity contribution < 1.29 is 4.79 Å². The first-order valence-corrected chi connectivity index (χ1v) is 6.37. The molecule has 0 N–H and O–H groups in total. The van der Waals surface area contributed by atoms with E-state index >= 15 is 0 Å². The zero-order valence-electron chi connectivity index (χ0n) is 10.9. The Balaban J connectivity index is 2.09. The lowest BCUT2D eigenvalue weighted by molar-refractivity contribution is -0.140. The molecule has 18 heavy (non-hydrogen) atoms. The van der Waals surface area contributed by atoms with Crippen LogP contribution >= 0.6 is 0 Å². The molecule has 0 aliphatic carbocycles. The fourth-order valence-electron chi connectivity index (χ4n) is 3.15. The molecule has 0 unspecified atom stereocenters. The molecule has 1 amide bonds. The van der Waals surface area contributed by atoms with Crippen LogP contribution in [0.5, 0.6) is 0 Å². The average Bonchev–Trinajstić information content (AvgIpc) is 2.39. The Bertz CT molecular complexity index is 480. The second kappa shape index (κ2) is 4.02. The van der Waals surface area contributed by atoms with E-state index in [4.69, 9.17) is 0 Å². The summed E-state index contributed by atoms with van der Waals surface area (Å²) in [5.41, 5.74) is 1.66. The van der Waals surface area contributed by atoms with Crippen LogP contribution in [0.4, 0.5) is 0 Å². The van der Waals surface area contributed by atoms with Gasteiger partial charge in [-0.15, -0.1) is 0 Å². The number of amides is 1. The molecule has 1 aromatic heterocycles. The van der Waals surface area contributed by atoms with E-state index < -0.39 is 5.41 Å². The Hall–Kier alpha value is -1.49. The molecular weight excluding hydrogens is 228 g/mol. The number of fused-ring (bicyclic) bond motifs is 2. The minimum atomic E-state index is -0.405. The Morgan fingerprint density at radius 2 is 2.00 bits per heavy atom. The SMILES string of the molecule is CN1CCC2(CC1)C(=O)N(C)Cc1cncnc12. The average molecular weight is 246 g/mol. The van der Waals surface area contributed by atoms with E-state index in [1.807, 2.05) is 18.1 Å². The smallest absolute Gasteiger partial charge is 0.234 e. The van der Waals surface area contributed by atoms with Crippen LogP contribution in [0.15, 0.2) is 12.5 Å². The minimum absolute atomic E-state index is 0.224. The zero-order valence-corrected chi connectivity index (χ0v) is 10.9. The number of nitrogens with zero attached hydrogens (tertiary/aromatic N) is 4. The number of likely N-dealkylation sites (tertiary alicyclic amines) is 1. The summed E-state index contributed by atoms with van der Waals surface area (Å²) in [5.74, 6) is 0.224. The van der Waals surface area contributed by atoms with Gasteiger partial charge < -0.3 is 9.80 Å². The molecule has 1 fully saturated rings. The van der Waals surface area contributed by atoms with Crippen LogP contribution in [-0.2, 0) is 16.8 Å². The lowest BCUT2D eigenvalue weighted by Gasteiger charge is -2.44. The normalized spacial score (nSPS) is 23.2. The topological polar surface area (TPSA) is 49.3 Å². The third kappa shape index (κ3) is 1.54. The molecule has 0 bridgehead atoms. The molecule has 0 radical (unpaired) electrons. The van der Waals surface area contributed by atoms with Gasteiger partial charge in [0, 0.05) is 25.4 Å². The maximum absolute atomic E-state index is 12.6. The molecule has 1 aromatic rings. The summed E-state index contributed by atoms with van der Waals surface area (Å²) >= 11 is 0. The molecule has 1 spiro atoms. The largest absolute Gasteiger partial charge is 0.340 e. The van der Waals surface area contributed by atoms with Crippen LogP contribution < -0.4 is 0 Å². The van der Waals surface area contributed by atoms with E-state index in [-0.39, 0.29) is 5.91 Å². The number of aromatic nitrogens is 2. The fourth-order valence-corrected chi connectivity index (χ4v) is 3.15. The molecule has 0 atom stereocenters. The quantitative estimate of drug-likeness (QED) is 0.665. The van der Waals surface area contributed by atoms with Crippen molar-refractivity contribution in [3.8, 4) is 0 Å². The van der Waals surface area contributed by atoms with Gasteiger partial charge in [0.1, 0.15) is 6.33 Å². The van der Waals surface area contributed by atoms with E-state index in [9.17, 15) is 4.79 Å². The summed E-state index contributed by atoms with van der Waals surface area (Å²) in [6.07, 6.45) is 5.14. The highest BCUT2D eigenvalue weighted by atomic mass is 16.2. The summed E-state index contributed by atoms with van der Waals surface area (Å²) < 4.78 is 0. The maximum atomic E-state index is 12.6. The van der Waals surface area contributed by atoms with E-state index in [2.05, 4.69) is 21.9 Å². The van der Waals surface area contributed by atoms with E-state index in [0.29, 0.717) is 6.54 Å². The molecule has 96 valence electrons. The first-order valence-electron chi connectivity index (χ1n) is 6.37. The summed E-state index contributed by atoms with van der Waals surface area (Å²) in [5, 5.41) is 0. The Morgan fingerprint density at radius 1 is 1.28 bits per heavy atom. The van der Waals surface area contributed by atoms with Crippen molar-refractivity contribution in [1.82, 2.24) is 19.8 Å². The third-order valence-electron chi connectivity index (χ3n) is 4.25. The van der Waals surface area contributed by atoms with Crippen molar-refractivity contribution in [3.05, 3.63) is 23.8 Å². The van der Waals surface area contributed by atoms with Gasteiger partial charge in [0.2, 0.25) is 5.91 Å². The van der Waals surface area contributed by atoms with Crippen LogP contribution in [0.25, 0.3) is 0 Å². The van der Waals surface area contributed by atoms with Gasteiger partial charge in [0.15, 0.2) is 0 Å². The number of rotatable bonds is 0. The van der Waals surface area contributed by atoms with E-state index in [1.165, 1.54) is 0 Å². The van der Waals surface area contributed by atoms with Gasteiger partial charge in [-0.05, 0) is 33.0 Å². The van der Waals surface area contributed by atoms with E-state index in [0.717, 1.165) is 37.2 Å². The highest BCUT2D eigenvalue weighted by Gasteiger charge is 2.48. The molecule has 3 heterocycles.